The number of anilines is 3. The van der Waals surface area contributed by atoms with Gasteiger partial charge in [-0.25, -0.2) is 9.97 Å². The zero-order valence-corrected chi connectivity index (χ0v) is 12.7. The molecule has 3 rings (SSSR count). The molecule has 110 valence electrons. The van der Waals surface area contributed by atoms with Crippen molar-refractivity contribution in [3.8, 4) is 0 Å². The number of hydrogen-bond acceptors (Lipinski definition) is 6. The number of nitrogens with one attached hydrogen (secondary N) is 1. The predicted octanol–water partition coefficient (Wildman–Crippen LogP) is 2.35. The quantitative estimate of drug-likeness (QED) is 0.854. The van der Waals surface area contributed by atoms with Gasteiger partial charge in [-0.1, -0.05) is 0 Å². The number of pyridine rings is 1. The second-order valence-electron chi connectivity index (χ2n) is 4.46. The molecule has 0 saturated carbocycles. The van der Waals surface area contributed by atoms with Crippen LogP contribution in [0.25, 0.3) is 0 Å². The van der Waals surface area contributed by atoms with Crippen LogP contribution in [-0.2, 0) is 4.74 Å². The van der Waals surface area contributed by atoms with Crippen molar-refractivity contribution in [2.24, 2.45) is 0 Å². The van der Waals surface area contributed by atoms with Gasteiger partial charge in [0.1, 0.15) is 5.82 Å². The summed E-state index contributed by atoms with van der Waals surface area (Å²) in [6.45, 7) is 2.81. The minimum absolute atomic E-state index is 0.260. The molecule has 1 fully saturated rings. The second kappa shape index (κ2) is 6.31. The molecular formula is C13H13BrFN5O. The largest absolute Gasteiger partial charge is 0.378 e. The van der Waals surface area contributed by atoms with E-state index < -0.39 is 5.95 Å². The van der Waals surface area contributed by atoms with Crippen LogP contribution >= 0.6 is 15.9 Å². The molecule has 0 aromatic carbocycles. The standard InChI is InChI=1S/C13H13BrFN5O/c14-9-7-10(12(15)17-8-9)18-11-1-2-16-13(19-11)20-3-5-21-6-4-20/h1-2,7-8H,3-6H2,(H,16,18,19). The molecule has 0 unspecified atom stereocenters. The summed E-state index contributed by atoms with van der Waals surface area (Å²) in [7, 11) is 0. The van der Waals surface area contributed by atoms with Crippen LogP contribution in [0.15, 0.2) is 29.0 Å². The van der Waals surface area contributed by atoms with E-state index in [-0.39, 0.29) is 5.69 Å². The Kier molecular flexibility index (Phi) is 4.26. The van der Waals surface area contributed by atoms with Crippen molar-refractivity contribution in [2.75, 3.05) is 36.5 Å². The molecule has 0 spiro atoms. The molecule has 0 amide bonds. The van der Waals surface area contributed by atoms with E-state index in [1.54, 1.807) is 18.3 Å². The molecule has 1 saturated heterocycles. The summed E-state index contributed by atoms with van der Waals surface area (Å²) in [5, 5.41) is 2.92. The van der Waals surface area contributed by atoms with Gasteiger partial charge in [0, 0.05) is 30.0 Å². The normalized spacial score (nSPS) is 15.0. The molecule has 2 aromatic heterocycles. The van der Waals surface area contributed by atoms with Crippen LogP contribution < -0.4 is 10.2 Å². The van der Waals surface area contributed by atoms with Crippen molar-refractivity contribution in [1.82, 2.24) is 15.0 Å². The van der Waals surface area contributed by atoms with Gasteiger partial charge in [0.05, 0.1) is 18.9 Å². The van der Waals surface area contributed by atoms with Gasteiger partial charge < -0.3 is 15.0 Å². The number of morpholine rings is 1. The third-order valence-electron chi connectivity index (χ3n) is 3.01. The van der Waals surface area contributed by atoms with Crippen molar-refractivity contribution >= 4 is 33.4 Å². The second-order valence-corrected chi connectivity index (χ2v) is 5.37. The van der Waals surface area contributed by atoms with Gasteiger partial charge in [-0.05, 0) is 28.1 Å². The van der Waals surface area contributed by atoms with E-state index in [9.17, 15) is 4.39 Å². The highest BCUT2D eigenvalue weighted by Crippen LogP contribution is 2.22. The van der Waals surface area contributed by atoms with Gasteiger partial charge in [0.15, 0.2) is 0 Å². The lowest BCUT2D eigenvalue weighted by atomic mass is 10.4. The lowest BCUT2D eigenvalue weighted by Gasteiger charge is -2.26. The van der Waals surface area contributed by atoms with Crippen molar-refractivity contribution in [3.05, 3.63) is 34.9 Å². The smallest absolute Gasteiger partial charge is 0.236 e. The summed E-state index contributed by atoms with van der Waals surface area (Å²) in [4.78, 5) is 14.3. The summed E-state index contributed by atoms with van der Waals surface area (Å²) in [6, 6.07) is 3.29. The summed E-state index contributed by atoms with van der Waals surface area (Å²) >= 11 is 3.26. The van der Waals surface area contributed by atoms with E-state index in [0.717, 1.165) is 13.1 Å². The van der Waals surface area contributed by atoms with Gasteiger partial charge in [-0.2, -0.15) is 9.37 Å². The number of ether oxygens (including phenoxy) is 1. The van der Waals surface area contributed by atoms with Crippen LogP contribution in [-0.4, -0.2) is 41.3 Å². The van der Waals surface area contributed by atoms with E-state index in [0.29, 0.717) is 29.5 Å². The van der Waals surface area contributed by atoms with Gasteiger partial charge in [0.25, 0.3) is 0 Å². The zero-order valence-electron chi connectivity index (χ0n) is 11.1. The molecule has 21 heavy (non-hydrogen) atoms. The minimum atomic E-state index is -0.579. The predicted molar refractivity (Wildman–Crippen MR) is 80.2 cm³/mol. The summed E-state index contributed by atoms with van der Waals surface area (Å²) in [5.41, 5.74) is 0.260. The lowest BCUT2D eigenvalue weighted by molar-refractivity contribution is 0.122. The number of hydrogen-bond donors (Lipinski definition) is 1. The first-order chi connectivity index (χ1) is 10.2. The monoisotopic (exact) mass is 353 g/mol. The highest BCUT2D eigenvalue weighted by Gasteiger charge is 2.14. The molecular weight excluding hydrogens is 341 g/mol. The maximum atomic E-state index is 13.6. The Bertz CT molecular complexity index is 636. The van der Waals surface area contributed by atoms with Crippen LogP contribution in [0.3, 0.4) is 0 Å². The first-order valence-electron chi connectivity index (χ1n) is 6.46. The van der Waals surface area contributed by atoms with E-state index in [1.165, 1.54) is 6.20 Å². The maximum Gasteiger partial charge on any atom is 0.236 e. The zero-order chi connectivity index (χ0) is 14.7. The van der Waals surface area contributed by atoms with Gasteiger partial charge in [-0.15, -0.1) is 0 Å². The van der Waals surface area contributed by atoms with Gasteiger partial charge >= 0.3 is 0 Å². The molecule has 2 aromatic rings. The number of aromatic nitrogens is 3. The van der Waals surface area contributed by atoms with Crippen LogP contribution in [0.1, 0.15) is 0 Å². The molecule has 1 aliphatic rings. The molecule has 0 atom stereocenters. The fourth-order valence-corrected chi connectivity index (χ4v) is 2.31. The van der Waals surface area contributed by atoms with E-state index in [2.05, 4.69) is 36.2 Å². The fraction of sp³-hybridized carbons (Fsp3) is 0.308. The Morgan fingerprint density at radius 1 is 1.29 bits per heavy atom. The van der Waals surface area contributed by atoms with Crippen LogP contribution in [0.4, 0.5) is 21.8 Å². The highest BCUT2D eigenvalue weighted by molar-refractivity contribution is 9.10. The van der Waals surface area contributed by atoms with Crippen molar-refractivity contribution in [2.45, 2.75) is 0 Å². The Morgan fingerprint density at radius 2 is 2.10 bits per heavy atom. The van der Waals surface area contributed by atoms with Crippen LogP contribution in [0, 0.1) is 5.95 Å². The van der Waals surface area contributed by atoms with Crippen molar-refractivity contribution in [3.63, 3.8) is 0 Å². The Morgan fingerprint density at radius 3 is 2.90 bits per heavy atom. The molecule has 1 aliphatic heterocycles. The van der Waals surface area contributed by atoms with Crippen molar-refractivity contribution < 1.29 is 9.13 Å². The van der Waals surface area contributed by atoms with E-state index >= 15 is 0 Å². The average molecular weight is 354 g/mol. The molecule has 3 heterocycles. The Hall–Kier alpha value is -1.80. The minimum Gasteiger partial charge on any atom is -0.378 e. The molecule has 6 nitrogen and oxygen atoms in total. The SMILES string of the molecule is Fc1ncc(Br)cc1Nc1ccnc(N2CCOCC2)n1. The highest BCUT2D eigenvalue weighted by atomic mass is 79.9. The molecule has 0 aliphatic carbocycles. The first kappa shape index (κ1) is 14.2. The fourth-order valence-electron chi connectivity index (χ4n) is 1.98. The molecule has 0 radical (unpaired) electrons. The first-order valence-corrected chi connectivity index (χ1v) is 7.25. The van der Waals surface area contributed by atoms with Crippen LogP contribution in [0.5, 0.6) is 0 Å². The van der Waals surface area contributed by atoms with E-state index in [1.807, 2.05) is 4.90 Å². The molecule has 8 heteroatoms. The maximum absolute atomic E-state index is 13.6. The number of nitrogens with zero attached hydrogens (tertiary/aromatic N) is 4. The van der Waals surface area contributed by atoms with Gasteiger partial charge in [0.2, 0.25) is 11.9 Å². The summed E-state index contributed by atoms with van der Waals surface area (Å²) in [6.07, 6.45) is 3.04. The molecule has 1 N–H and O–H groups in total. The summed E-state index contributed by atoms with van der Waals surface area (Å²) < 4.78 is 19.6. The third kappa shape index (κ3) is 3.45. The number of rotatable bonds is 3. The third-order valence-corrected chi connectivity index (χ3v) is 3.44. The van der Waals surface area contributed by atoms with Crippen molar-refractivity contribution in [1.29, 1.82) is 0 Å². The van der Waals surface area contributed by atoms with Gasteiger partial charge in [-0.3, -0.25) is 0 Å². The van der Waals surface area contributed by atoms with Crippen LogP contribution in [0.2, 0.25) is 0 Å². The Balaban J connectivity index is 1.81. The Labute approximate surface area is 129 Å². The molecule has 0 bridgehead atoms. The topological polar surface area (TPSA) is 63.2 Å². The van der Waals surface area contributed by atoms with E-state index in [4.69, 9.17) is 4.74 Å². The lowest BCUT2D eigenvalue weighted by Crippen LogP contribution is -2.37. The summed E-state index contributed by atoms with van der Waals surface area (Å²) in [5.74, 6) is 0.543. The average Bonchev–Trinajstić information content (AvgIpc) is 2.52. The number of halogens is 2.